The Morgan fingerprint density at radius 2 is 1.45 bits per heavy atom. The molecule has 0 N–H and O–H groups in total. The molecule has 0 unspecified atom stereocenters. The van der Waals surface area contributed by atoms with Crippen LogP contribution in [0, 0.1) is 43.2 Å². The molecule has 0 aliphatic rings. The predicted octanol–water partition coefficient (Wildman–Crippen LogP) is 10.1. The van der Waals surface area contributed by atoms with E-state index in [-0.39, 0.29) is 31.2 Å². The minimum atomic E-state index is -2.66. The number of pyridine rings is 1. The van der Waals surface area contributed by atoms with E-state index in [1.807, 2.05) is 96.4 Å². The van der Waals surface area contributed by atoms with Gasteiger partial charge in [0.15, 0.2) is 8.07 Å². The van der Waals surface area contributed by atoms with Crippen LogP contribution in [0.15, 0.2) is 156 Å². The summed E-state index contributed by atoms with van der Waals surface area (Å²) in [5, 5.41) is 16.2. The second-order valence-corrected chi connectivity index (χ2v) is 17.8. The number of benzene rings is 6. The smallest absolute Gasteiger partial charge is 0.509 e. The van der Waals surface area contributed by atoms with Crippen LogP contribution in [0.5, 0.6) is 0 Å². The minimum Gasteiger partial charge on any atom is -0.509 e. The van der Waals surface area contributed by atoms with Gasteiger partial charge in [-0.3, -0.25) is 0 Å². The molecule has 0 radical (unpaired) electrons. The molecular weight excluding hydrogens is 887 g/mol. The third-order valence-corrected chi connectivity index (χ3v) is 15.7. The van der Waals surface area contributed by atoms with Crippen molar-refractivity contribution < 1.29 is 32.7 Å². The number of hydrogen-bond acceptors (Lipinski definition) is 5. The van der Waals surface area contributed by atoms with Crippen molar-refractivity contribution >= 4 is 56.4 Å². The molecule has 4 nitrogen and oxygen atoms in total. The van der Waals surface area contributed by atoms with E-state index in [0.29, 0.717) is 39.1 Å². The molecule has 0 bridgehead atoms. The molecule has 0 saturated heterocycles. The van der Waals surface area contributed by atoms with Crippen LogP contribution < -0.4 is 15.0 Å². The zero-order valence-electron chi connectivity index (χ0n) is 35.4. The summed E-state index contributed by atoms with van der Waals surface area (Å²) in [4.78, 5) is 9.44. The van der Waals surface area contributed by atoms with Crippen LogP contribution in [-0.4, -0.2) is 18.0 Å². The molecule has 0 fully saturated rings. The van der Waals surface area contributed by atoms with E-state index in [1.54, 1.807) is 29.7 Å². The molecule has 55 heavy (non-hydrogen) atoms. The van der Waals surface area contributed by atoms with Crippen LogP contribution in [0.25, 0.3) is 55.6 Å². The third-order valence-electron chi connectivity index (χ3n) is 9.48. The molecule has 0 spiro atoms. The predicted molar refractivity (Wildman–Crippen MR) is 224 cm³/mol. The van der Waals surface area contributed by atoms with Crippen molar-refractivity contribution in [1.82, 2.24) is 9.97 Å². The number of aryl methyl sites for hydroxylation is 2. The summed E-state index contributed by atoms with van der Waals surface area (Å²) >= 11 is 1.57. The Hall–Kier alpha value is -5.74. The quantitative estimate of drug-likeness (QED) is 0.123. The topological polar surface area (TPSA) is 62.7 Å². The maximum absolute atomic E-state index is 10.3. The van der Waals surface area contributed by atoms with Gasteiger partial charge >= 0.3 is 20.1 Å². The summed E-state index contributed by atoms with van der Waals surface area (Å²) in [6.45, 7) is -3.00. The Morgan fingerprint density at radius 1 is 0.727 bits per heavy atom. The number of thiazole rings is 1. The van der Waals surface area contributed by atoms with Gasteiger partial charge in [0.1, 0.15) is 5.58 Å². The van der Waals surface area contributed by atoms with E-state index in [0.717, 1.165) is 26.7 Å². The van der Waals surface area contributed by atoms with Crippen LogP contribution in [0.3, 0.4) is 0 Å². The summed E-state index contributed by atoms with van der Waals surface area (Å²) < 4.78 is 55.2. The van der Waals surface area contributed by atoms with E-state index in [1.165, 1.54) is 22.5 Å². The Morgan fingerprint density at radius 3 is 2.13 bits per heavy atom. The number of furan rings is 1. The zero-order valence-corrected chi connectivity index (χ0v) is 33.6. The Labute approximate surface area is 348 Å². The largest absolute Gasteiger partial charge is 3.00 e. The zero-order chi connectivity index (χ0) is 42.1. The number of nitrogens with zero attached hydrogens (tertiary/aromatic N) is 3. The van der Waals surface area contributed by atoms with E-state index in [9.17, 15) is 5.26 Å². The first-order chi connectivity index (χ1) is 28.9. The number of rotatable bonds is 6. The second kappa shape index (κ2) is 16.3. The number of fused-ring (bicyclic) bond motifs is 3. The van der Waals surface area contributed by atoms with Gasteiger partial charge in [0.25, 0.3) is 0 Å². The Balaban J connectivity index is 0.000000370. The summed E-state index contributed by atoms with van der Waals surface area (Å²) in [6, 6.07) is 55.8. The molecule has 266 valence electrons. The Kier molecular flexibility index (Phi) is 9.07. The van der Waals surface area contributed by atoms with Crippen LogP contribution in [0.2, 0.25) is 6.55 Å². The van der Waals surface area contributed by atoms with E-state index in [2.05, 4.69) is 60.1 Å². The van der Waals surface area contributed by atoms with Crippen LogP contribution >= 0.6 is 11.3 Å². The van der Waals surface area contributed by atoms with Gasteiger partial charge in [0.2, 0.25) is 0 Å². The van der Waals surface area contributed by atoms with Crippen LogP contribution in [-0.2, 0) is 20.1 Å². The summed E-state index contributed by atoms with van der Waals surface area (Å²) in [6.07, 6.45) is 1.79. The summed E-state index contributed by atoms with van der Waals surface area (Å²) in [5.74, 6) is 0. The average molecular weight is 927 g/mol. The SMILES string of the molecule is [2H]C([2H])([2H])c1c[c-]c(-c2[c-]ccc3c2oc2c(-c4csc([Si](C)(c5ccccc5)c5ccccc5)n4)c(C#N)ccc23)cc1C([2H])([2H])[2H].[Ir+3].[c-]1ccccc1-c1ccccn1. The fraction of sp³-hybridized carbons (Fsp3) is 0.0625. The van der Waals surface area contributed by atoms with Crippen molar-refractivity contribution in [1.29, 1.82) is 5.26 Å². The fourth-order valence-electron chi connectivity index (χ4n) is 6.64. The molecule has 9 aromatic rings. The molecule has 0 atom stereocenters. The van der Waals surface area contributed by atoms with Gasteiger partial charge in [-0.05, 0) is 28.2 Å². The molecular formula is C48H34IrN3OSSi. The second-order valence-electron chi connectivity index (χ2n) is 12.7. The molecule has 0 aliphatic heterocycles. The normalized spacial score (nSPS) is 13.1. The van der Waals surface area contributed by atoms with E-state index >= 15 is 0 Å². The van der Waals surface area contributed by atoms with Crippen molar-refractivity contribution in [2.24, 2.45) is 0 Å². The number of nitriles is 1. The van der Waals surface area contributed by atoms with E-state index in [4.69, 9.17) is 17.6 Å². The van der Waals surface area contributed by atoms with Gasteiger partial charge in [-0.2, -0.15) is 41.2 Å². The summed E-state index contributed by atoms with van der Waals surface area (Å²) in [7, 11) is -2.51. The standard InChI is InChI=1S/C37H26N2OSSi.C11H8N.Ir/c1-24-17-18-26(21-25(24)2)30-15-10-16-31-32-20-19-27(22-38)34(36(32)40-35(30)31)33-23-41-37(39-33)42(3,28-11-6-4-7-12-28)29-13-8-5-9-14-29;1-2-6-10(7-3-1)11-8-4-5-9-12-11;/h4-14,16-17,19-21,23H,1-3H3;1-6,8-9H;/q-2;-1;+3/i1D3,2D3;;. The molecule has 7 heteroatoms. The Bertz CT molecular complexity index is 2910. The maximum Gasteiger partial charge on any atom is 3.00 e. The number of aromatic nitrogens is 2. The molecule has 0 amide bonds. The molecule has 3 heterocycles. The molecule has 9 rings (SSSR count). The van der Waals surface area contributed by atoms with E-state index < -0.39 is 21.8 Å². The fourth-order valence-corrected chi connectivity index (χ4v) is 11.9. The van der Waals surface area contributed by atoms with Crippen molar-refractivity contribution in [3.63, 3.8) is 0 Å². The van der Waals surface area contributed by atoms with Crippen molar-refractivity contribution in [2.75, 3.05) is 0 Å². The number of hydrogen-bond donors (Lipinski definition) is 0. The van der Waals surface area contributed by atoms with Crippen LogP contribution in [0.4, 0.5) is 0 Å². The first-order valence-corrected chi connectivity index (χ1v) is 20.6. The molecule has 6 aromatic carbocycles. The van der Waals surface area contributed by atoms with Crippen molar-refractivity contribution in [3.8, 4) is 39.7 Å². The average Bonchev–Trinajstić information content (AvgIpc) is 3.92. The van der Waals surface area contributed by atoms with Gasteiger partial charge in [-0.15, -0.1) is 64.4 Å². The van der Waals surface area contributed by atoms with Gasteiger partial charge in [0.05, 0.1) is 27.5 Å². The van der Waals surface area contributed by atoms with Gasteiger partial charge in [0, 0.05) is 30.8 Å². The van der Waals surface area contributed by atoms with Crippen molar-refractivity contribution in [2.45, 2.75) is 20.3 Å². The minimum absolute atomic E-state index is 0. The van der Waals surface area contributed by atoms with Gasteiger partial charge in [-0.1, -0.05) is 104 Å². The third kappa shape index (κ3) is 7.26. The first-order valence-electron chi connectivity index (χ1n) is 20.2. The van der Waals surface area contributed by atoms with Gasteiger partial charge in [-0.25, -0.2) is 10.5 Å². The molecule has 0 aliphatic carbocycles. The molecule has 0 saturated carbocycles. The first kappa shape index (κ1) is 30.6. The van der Waals surface area contributed by atoms with Crippen LogP contribution in [0.1, 0.15) is 24.9 Å². The maximum atomic E-state index is 10.3. The molecule has 3 aromatic heterocycles. The monoisotopic (exact) mass is 927 g/mol. The van der Waals surface area contributed by atoms with Crippen molar-refractivity contribution in [3.05, 3.63) is 186 Å². The van der Waals surface area contributed by atoms with Gasteiger partial charge < -0.3 is 9.40 Å². The summed E-state index contributed by atoms with van der Waals surface area (Å²) in [5.41, 5.74) is 4.73.